The molecule has 2 atom stereocenters. The fourth-order valence-corrected chi connectivity index (χ4v) is 1.79. The Hall–Kier alpha value is -1.46. The standard InChI is InChI=1S/C15H22FNO3/c1-4-20-15(19)8-13(18)9-17-11(3)12-6-5-10(2)14(16)7-12/h5-7,11,13,17-18H,4,8-9H2,1-3H3. The van der Waals surface area contributed by atoms with Crippen molar-refractivity contribution in [3.05, 3.63) is 35.1 Å². The van der Waals surface area contributed by atoms with Crippen LogP contribution in [0, 0.1) is 12.7 Å². The van der Waals surface area contributed by atoms with E-state index in [0.29, 0.717) is 12.2 Å². The van der Waals surface area contributed by atoms with Crippen LogP contribution in [0.4, 0.5) is 4.39 Å². The van der Waals surface area contributed by atoms with Crippen molar-refractivity contribution in [2.75, 3.05) is 13.2 Å². The summed E-state index contributed by atoms with van der Waals surface area (Å²) in [4.78, 5) is 11.2. The molecule has 2 N–H and O–H groups in total. The number of halogens is 1. The predicted molar refractivity (Wildman–Crippen MR) is 74.8 cm³/mol. The number of carbonyl (C=O) groups excluding carboxylic acids is 1. The molecule has 20 heavy (non-hydrogen) atoms. The van der Waals surface area contributed by atoms with Crippen LogP contribution in [0.1, 0.15) is 37.4 Å². The Labute approximate surface area is 119 Å². The summed E-state index contributed by atoms with van der Waals surface area (Å²) in [5.41, 5.74) is 1.40. The molecule has 0 saturated heterocycles. The topological polar surface area (TPSA) is 58.6 Å². The maximum Gasteiger partial charge on any atom is 0.308 e. The van der Waals surface area contributed by atoms with Crippen LogP contribution in [0.5, 0.6) is 0 Å². The van der Waals surface area contributed by atoms with E-state index >= 15 is 0 Å². The van der Waals surface area contributed by atoms with Gasteiger partial charge in [0.2, 0.25) is 0 Å². The van der Waals surface area contributed by atoms with Crippen molar-refractivity contribution in [1.29, 1.82) is 0 Å². The van der Waals surface area contributed by atoms with Gasteiger partial charge in [-0.2, -0.15) is 0 Å². The van der Waals surface area contributed by atoms with Crippen LogP contribution < -0.4 is 5.32 Å². The summed E-state index contributed by atoms with van der Waals surface area (Å²) in [6.07, 6.45) is -0.859. The van der Waals surface area contributed by atoms with E-state index in [-0.39, 0.29) is 24.8 Å². The average Bonchev–Trinajstić information content (AvgIpc) is 2.39. The summed E-state index contributed by atoms with van der Waals surface area (Å²) in [6, 6.07) is 4.93. The number of rotatable bonds is 7. The van der Waals surface area contributed by atoms with E-state index < -0.39 is 12.1 Å². The Bertz CT molecular complexity index is 451. The molecule has 112 valence electrons. The predicted octanol–water partition coefficient (Wildman–Crippen LogP) is 2.10. The molecule has 0 fully saturated rings. The van der Waals surface area contributed by atoms with E-state index in [0.717, 1.165) is 5.56 Å². The molecule has 0 aromatic heterocycles. The van der Waals surface area contributed by atoms with Gasteiger partial charge in [-0.1, -0.05) is 12.1 Å². The molecule has 4 nitrogen and oxygen atoms in total. The summed E-state index contributed by atoms with van der Waals surface area (Å²) in [7, 11) is 0. The molecule has 0 amide bonds. The number of aliphatic hydroxyl groups excluding tert-OH is 1. The van der Waals surface area contributed by atoms with Crippen LogP contribution in [-0.4, -0.2) is 30.3 Å². The lowest BCUT2D eigenvalue weighted by atomic mass is 10.1. The maximum atomic E-state index is 13.5. The third-order valence-corrected chi connectivity index (χ3v) is 3.06. The molecular weight excluding hydrogens is 261 g/mol. The molecule has 0 aliphatic rings. The van der Waals surface area contributed by atoms with Crippen LogP contribution in [-0.2, 0) is 9.53 Å². The van der Waals surface area contributed by atoms with Crippen LogP contribution >= 0.6 is 0 Å². The minimum absolute atomic E-state index is 0.0458. The van der Waals surface area contributed by atoms with Gasteiger partial charge in [-0.3, -0.25) is 4.79 Å². The van der Waals surface area contributed by atoms with Gasteiger partial charge in [0, 0.05) is 12.6 Å². The monoisotopic (exact) mass is 283 g/mol. The van der Waals surface area contributed by atoms with E-state index in [1.54, 1.807) is 19.9 Å². The van der Waals surface area contributed by atoms with Crippen molar-refractivity contribution in [3.8, 4) is 0 Å². The molecule has 0 aliphatic carbocycles. The third-order valence-electron chi connectivity index (χ3n) is 3.06. The van der Waals surface area contributed by atoms with Gasteiger partial charge >= 0.3 is 5.97 Å². The number of aliphatic hydroxyl groups is 1. The van der Waals surface area contributed by atoms with E-state index in [1.165, 1.54) is 6.07 Å². The molecule has 2 unspecified atom stereocenters. The molecule has 0 spiro atoms. The highest BCUT2D eigenvalue weighted by Crippen LogP contribution is 2.16. The summed E-state index contributed by atoms with van der Waals surface area (Å²) in [6.45, 7) is 5.85. The lowest BCUT2D eigenvalue weighted by Gasteiger charge is -2.17. The van der Waals surface area contributed by atoms with Gasteiger partial charge in [0.15, 0.2) is 0 Å². The molecule has 0 saturated carbocycles. The number of hydrogen-bond donors (Lipinski definition) is 2. The molecule has 0 radical (unpaired) electrons. The van der Waals surface area contributed by atoms with E-state index in [1.807, 2.05) is 13.0 Å². The fraction of sp³-hybridized carbons (Fsp3) is 0.533. The van der Waals surface area contributed by atoms with Crippen molar-refractivity contribution in [1.82, 2.24) is 5.32 Å². The molecule has 1 aromatic carbocycles. The number of benzene rings is 1. The first-order valence-corrected chi connectivity index (χ1v) is 6.77. The van der Waals surface area contributed by atoms with Crippen molar-refractivity contribution >= 4 is 5.97 Å². The minimum Gasteiger partial charge on any atom is -0.466 e. The van der Waals surface area contributed by atoms with Crippen molar-refractivity contribution in [3.63, 3.8) is 0 Å². The highest BCUT2D eigenvalue weighted by atomic mass is 19.1. The largest absolute Gasteiger partial charge is 0.466 e. The summed E-state index contributed by atoms with van der Waals surface area (Å²) < 4.78 is 18.2. The smallest absolute Gasteiger partial charge is 0.308 e. The Morgan fingerprint density at radius 3 is 2.80 bits per heavy atom. The lowest BCUT2D eigenvalue weighted by Crippen LogP contribution is -2.31. The summed E-state index contributed by atoms with van der Waals surface area (Å²) in [5.74, 6) is -0.668. The number of ether oxygens (including phenoxy) is 1. The van der Waals surface area contributed by atoms with Crippen LogP contribution in [0.15, 0.2) is 18.2 Å². The van der Waals surface area contributed by atoms with Crippen molar-refractivity contribution in [2.45, 2.75) is 39.3 Å². The zero-order valence-corrected chi connectivity index (χ0v) is 12.1. The first-order valence-electron chi connectivity index (χ1n) is 6.77. The van der Waals surface area contributed by atoms with Gasteiger partial charge in [-0.05, 0) is 38.0 Å². The second-order valence-electron chi connectivity index (χ2n) is 4.80. The molecular formula is C15H22FNO3. The fourth-order valence-electron chi connectivity index (χ4n) is 1.79. The van der Waals surface area contributed by atoms with Gasteiger partial charge in [0.25, 0.3) is 0 Å². The second-order valence-corrected chi connectivity index (χ2v) is 4.80. The van der Waals surface area contributed by atoms with Gasteiger partial charge in [-0.15, -0.1) is 0 Å². The van der Waals surface area contributed by atoms with E-state index in [9.17, 15) is 14.3 Å². The molecule has 1 aromatic rings. The molecule has 0 heterocycles. The highest BCUT2D eigenvalue weighted by molar-refractivity contribution is 5.69. The van der Waals surface area contributed by atoms with E-state index in [2.05, 4.69) is 5.32 Å². The second kappa shape index (κ2) is 7.97. The number of hydrogen-bond acceptors (Lipinski definition) is 4. The average molecular weight is 283 g/mol. The zero-order chi connectivity index (χ0) is 15.1. The van der Waals surface area contributed by atoms with Crippen molar-refractivity contribution < 1.29 is 19.0 Å². The van der Waals surface area contributed by atoms with Crippen LogP contribution in [0.2, 0.25) is 0 Å². The summed E-state index contributed by atoms with van der Waals surface area (Å²) in [5, 5.41) is 12.8. The zero-order valence-electron chi connectivity index (χ0n) is 12.1. The molecule has 1 rings (SSSR count). The van der Waals surface area contributed by atoms with Gasteiger partial charge in [0.1, 0.15) is 5.82 Å². The Morgan fingerprint density at radius 1 is 1.50 bits per heavy atom. The normalized spacial score (nSPS) is 13.8. The third kappa shape index (κ3) is 5.27. The summed E-state index contributed by atoms with van der Waals surface area (Å²) >= 11 is 0. The number of carbonyl (C=O) groups is 1. The molecule has 0 aliphatic heterocycles. The quantitative estimate of drug-likeness (QED) is 0.752. The number of aryl methyl sites for hydroxylation is 1. The van der Waals surface area contributed by atoms with Crippen LogP contribution in [0.3, 0.4) is 0 Å². The number of nitrogens with one attached hydrogen (secondary N) is 1. The molecule has 0 bridgehead atoms. The van der Waals surface area contributed by atoms with Crippen LogP contribution in [0.25, 0.3) is 0 Å². The van der Waals surface area contributed by atoms with Gasteiger partial charge < -0.3 is 15.2 Å². The van der Waals surface area contributed by atoms with Gasteiger partial charge in [0.05, 0.1) is 19.1 Å². The minimum atomic E-state index is -0.813. The Morgan fingerprint density at radius 2 is 2.20 bits per heavy atom. The maximum absolute atomic E-state index is 13.5. The number of esters is 1. The van der Waals surface area contributed by atoms with Crippen molar-refractivity contribution in [2.24, 2.45) is 0 Å². The Kier molecular flexibility index (Phi) is 6.61. The van der Waals surface area contributed by atoms with Gasteiger partial charge in [-0.25, -0.2) is 4.39 Å². The first-order chi connectivity index (χ1) is 9.43. The Balaban J connectivity index is 2.44. The van der Waals surface area contributed by atoms with E-state index in [4.69, 9.17) is 4.74 Å². The SMILES string of the molecule is CCOC(=O)CC(O)CNC(C)c1ccc(C)c(F)c1. The lowest BCUT2D eigenvalue weighted by molar-refractivity contribution is -0.145. The highest BCUT2D eigenvalue weighted by Gasteiger charge is 2.14. The molecule has 5 heteroatoms. The first kappa shape index (κ1) is 16.6.